The average Bonchev–Trinajstić information content (AvgIpc) is 2.99. The van der Waals surface area contributed by atoms with Gasteiger partial charge in [-0.3, -0.25) is 9.59 Å². The fourth-order valence-electron chi connectivity index (χ4n) is 3.41. The maximum atomic E-state index is 12.9. The number of likely N-dealkylation sites (tertiary alicyclic amines) is 1. The minimum Gasteiger partial charge on any atom is -0.352 e. The number of hydrogen-bond acceptors (Lipinski definition) is 2. The molecule has 1 saturated heterocycles. The van der Waals surface area contributed by atoms with E-state index < -0.39 is 0 Å². The van der Waals surface area contributed by atoms with Gasteiger partial charge >= 0.3 is 0 Å². The molecule has 0 radical (unpaired) electrons. The molecule has 3 rings (SSSR count). The topological polar surface area (TPSA) is 54.3 Å². The Kier molecular flexibility index (Phi) is 5.40. The summed E-state index contributed by atoms with van der Waals surface area (Å²) in [5.41, 5.74) is 2.55. The van der Waals surface area contributed by atoms with Crippen LogP contribution in [0.25, 0.3) is 0 Å². The molecule has 5 nitrogen and oxygen atoms in total. The van der Waals surface area contributed by atoms with Gasteiger partial charge in [-0.25, -0.2) is 4.39 Å². The number of benzene rings is 1. The zero-order valence-corrected chi connectivity index (χ0v) is 15.2. The van der Waals surface area contributed by atoms with E-state index in [1.54, 1.807) is 12.1 Å². The third-order valence-corrected chi connectivity index (χ3v) is 5.01. The van der Waals surface area contributed by atoms with Crippen LogP contribution in [0.5, 0.6) is 0 Å². The van der Waals surface area contributed by atoms with E-state index in [9.17, 15) is 14.0 Å². The quantitative estimate of drug-likeness (QED) is 0.915. The summed E-state index contributed by atoms with van der Waals surface area (Å²) >= 11 is 0. The van der Waals surface area contributed by atoms with Crippen LogP contribution in [-0.2, 0) is 18.4 Å². The van der Waals surface area contributed by atoms with E-state index in [1.807, 2.05) is 35.7 Å². The maximum absolute atomic E-state index is 12.9. The number of rotatable bonds is 4. The standard InChI is InChI=1S/C20H24FN3O2/c1-14-7-10-23(2)18(14)20(26)24-11-8-16(9-12-24)19(25)22-13-15-3-5-17(21)6-4-15/h3-7,10,16H,8-9,11-13H2,1-2H3,(H,22,25). The Balaban J connectivity index is 1.50. The Labute approximate surface area is 152 Å². The molecular formula is C20H24FN3O2. The number of aryl methyl sites for hydroxylation is 2. The van der Waals surface area contributed by atoms with Crippen LogP contribution in [0.1, 0.15) is 34.5 Å². The third-order valence-electron chi connectivity index (χ3n) is 5.01. The van der Waals surface area contributed by atoms with E-state index in [0.717, 1.165) is 11.1 Å². The zero-order chi connectivity index (χ0) is 18.7. The van der Waals surface area contributed by atoms with E-state index in [-0.39, 0.29) is 23.5 Å². The van der Waals surface area contributed by atoms with Crippen LogP contribution < -0.4 is 5.32 Å². The number of nitrogens with zero attached hydrogens (tertiary/aromatic N) is 2. The summed E-state index contributed by atoms with van der Waals surface area (Å²) in [5, 5.41) is 2.91. The summed E-state index contributed by atoms with van der Waals surface area (Å²) in [5.74, 6) is -0.351. The van der Waals surface area contributed by atoms with Crippen molar-refractivity contribution >= 4 is 11.8 Å². The van der Waals surface area contributed by atoms with Crippen LogP contribution >= 0.6 is 0 Å². The molecule has 138 valence electrons. The van der Waals surface area contributed by atoms with Gasteiger partial charge < -0.3 is 14.8 Å². The van der Waals surface area contributed by atoms with Gasteiger partial charge in [0, 0.05) is 38.8 Å². The monoisotopic (exact) mass is 357 g/mol. The summed E-state index contributed by atoms with van der Waals surface area (Å²) in [6.07, 6.45) is 3.20. The van der Waals surface area contributed by atoms with E-state index in [2.05, 4.69) is 5.32 Å². The van der Waals surface area contributed by atoms with Gasteiger partial charge in [0.1, 0.15) is 11.5 Å². The van der Waals surface area contributed by atoms with E-state index in [1.165, 1.54) is 12.1 Å². The van der Waals surface area contributed by atoms with Crippen molar-refractivity contribution in [3.63, 3.8) is 0 Å². The molecule has 2 heterocycles. The molecule has 26 heavy (non-hydrogen) atoms. The molecule has 6 heteroatoms. The highest BCUT2D eigenvalue weighted by molar-refractivity contribution is 5.94. The van der Waals surface area contributed by atoms with Crippen molar-refractivity contribution in [3.8, 4) is 0 Å². The first-order valence-corrected chi connectivity index (χ1v) is 8.89. The molecule has 0 saturated carbocycles. The highest BCUT2D eigenvalue weighted by atomic mass is 19.1. The predicted molar refractivity (Wildman–Crippen MR) is 97.0 cm³/mol. The van der Waals surface area contributed by atoms with Gasteiger partial charge in [0.15, 0.2) is 0 Å². The van der Waals surface area contributed by atoms with Crippen molar-refractivity contribution < 1.29 is 14.0 Å². The van der Waals surface area contributed by atoms with Crippen molar-refractivity contribution in [1.82, 2.24) is 14.8 Å². The molecule has 1 fully saturated rings. The summed E-state index contributed by atoms with van der Waals surface area (Å²) in [6.45, 7) is 3.49. The van der Waals surface area contributed by atoms with Crippen molar-refractivity contribution in [1.29, 1.82) is 0 Å². The van der Waals surface area contributed by atoms with E-state index >= 15 is 0 Å². The van der Waals surface area contributed by atoms with Crippen LogP contribution in [0, 0.1) is 18.7 Å². The Morgan fingerprint density at radius 3 is 2.38 bits per heavy atom. The minimum atomic E-state index is -0.287. The van der Waals surface area contributed by atoms with Crippen molar-refractivity contribution in [2.24, 2.45) is 13.0 Å². The zero-order valence-electron chi connectivity index (χ0n) is 15.2. The molecule has 1 aliphatic heterocycles. The fourth-order valence-corrected chi connectivity index (χ4v) is 3.41. The molecule has 0 unspecified atom stereocenters. The smallest absolute Gasteiger partial charge is 0.270 e. The highest BCUT2D eigenvalue weighted by Gasteiger charge is 2.29. The van der Waals surface area contributed by atoms with Crippen LogP contribution in [0.2, 0.25) is 0 Å². The van der Waals surface area contributed by atoms with Gasteiger partial charge in [0.25, 0.3) is 5.91 Å². The lowest BCUT2D eigenvalue weighted by Crippen LogP contribution is -2.43. The van der Waals surface area contributed by atoms with Crippen molar-refractivity contribution in [2.75, 3.05) is 13.1 Å². The van der Waals surface area contributed by atoms with E-state index in [0.29, 0.717) is 38.2 Å². The Hall–Kier alpha value is -2.63. The SMILES string of the molecule is Cc1ccn(C)c1C(=O)N1CCC(C(=O)NCc2ccc(F)cc2)CC1. The summed E-state index contributed by atoms with van der Waals surface area (Å²) in [4.78, 5) is 26.9. The Bertz CT molecular complexity index is 770. The molecule has 1 aromatic heterocycles. The third kappa shape index (κ3) is 3.95. The molecule has 1 aliphatic rings. The second-order valence-electron chi connectivity index (χ2n) is 6.87. The molecule has 2 amide bonds. The van der Waals surface area contributed by atoms with Crippen LogP contribution in [0.4, 0.5) is 4.39 Å². The number of nitrogens with one attached hydrogen (secondary N) is 1. The molecule has 0 atom stereocenters. The number of amides is 2. The summed E-state index contributed by atoms with van der Waals surface area (Å²) in [6, 6.07) is 8.04. The summed E-state index contributed by atoms with van der Waals surface area (Å²) < 4.78 is 14.8. The molecule has 1 aromatic carbocycles. The van der Waals surface area contributed by atoms with Crippen LogP contribution in [0.3, 0.4) is 0 Å². The van der Waals surface area contributed by atoms with E-state index in [4.69, 9.17) is 0 Å². The normalized spacial score (nSPS) is 15.1. The number of carbonyl (C=O) groups is 2. The van der Waals surface area contributed by atoms with Crippen molar-refractivity contribution in [3.05, 3.63) is 59.2 Å². The molecule has 1 N–H and O–H groups in total. The summed E-state index contributed by atoms with van der Waals surface area (Å²) in [7, 11) is 1.87. The first-order chi connectivity index (χ1) is 12.5. The van der Waals surface area contributed by atoms with Gasteiger partial charge in [-0.05, 0) is 49.1 Å². The first kappa shape index (κ1) is 18.2. The minimum absolute atomic E-state index is 0.00327. The van der Waals surface area contributed by atoms with Gasteiger partial charge in [0.2, 0.25) is 5.91 Å². The van der Waals surface area contributed by atoms with Gasteiger partial charge in [-0.15, -0.1) is 0 Å². The van der Waals surface area contributed by atoms with Crippen LogP contribution in [0.15, 0.2) is 36.5 Å². The largest absolute Gasteiger partial charge is 0.352 e. The second-order valence-corrected chi connectivity index (χ2v) is 6.87. The van der Waals surface area contributed by atoms with Gasteiger partial charge in [0.05, 0.1) is 0 Å². The van der Waals surface area contributed by atoms with Crippen molar-refractivity contribution in [2.45, 2.75) is 26.3 Å². The Morgan fingerprint density at radius 1 is 1.15 bits per heavy atom. The van der Waals surface area contributed by atoms with Crippen LogP contribution in [-0.4, -0.2) is 34.4 Å². The number of carbonyl (C=O) groups excluding carboxylic acids is 2. The average molecular weight is 357 g/mol. The lowest BCUT2D eigenvalue weighted by Gasteiger charge is -2.31. The number of hydrogen-bond donors (Lipinski definition) is 1. The van der Waals surface area contributed by atoms with Gasteiger partial charge in [-0.1, -0.05) is 12.1 Å². The Morgan fingerprint density at radius 2 is 1.81 bits per heavy atom. The number of aromatic nitrogens is 1. The number of halogens is 1. The molecule has 2 aromatic rings. The second kappa shape index (κ2) is 7.72. The maximum Gasteiger partial charge on any atom is 0.270 e. The fraction of sp³-hybridized carbons (Fsp3) is 0.400. The molecule has 0 aliphatic carbocycles. The van der Waals surface area contributed by atoms with Gasteiger partial charge in [-0.2, -0.15) is 0 Å². The lowest BCUT2D eigenvalue weighted by molar-refractivity contribution is -0.126. The lowest BCUT2D eigenvalue weighted by atomic mass is 9.95. The molecular weight excluding hydrogens is 333 g/mol. The first-order valence-electron chi connectivity index (χ1n) is 8.89. The molecule has 0 bridgehead atoms. The molecule has 0 spiro atoms. The number of piperidine rings is 1. The highest BCUT2D eigenvalue weighted by Crippen LogP contribution is 2.21. The predicted octanol–water partition coefficient (Wildman–Crippen LogP) is 2.64.